The molecule has 0 saturated heterocycles. The second kappa shape index (κ2) is 5.98. The summed E-state index contributed by atoms with van der Waals surface area (Å²) in [5.41, 5.74) is 0.700. The Morgan fingerprint density at radius 2 is 1.94 bits per heavy atom. The van der Waals surface area contributed by atoms with Gasteiger partial charge < -0.3 is 10.6 Å². The summed E-state index contributed by atoms with van der Waals surface area (Å²) in [6, 6.07) is 5.66. The van der Waals surface area contributed by atoms with E-state index in [1.807, 2.05) is 39.0 Å². The Morgan fingerprint density at radius 1 is 1.29 bits per heavy atom. The van der Waals surface area contributed by atoms with Gasteiger partial charge in [-0.05, 0) is 54.9 Å². The van der Waals surface area contributed by atoms with Crippen LogP contribution in [0.4, 0.5) is 5.69 Å². The molecular weight excluding hydrogens is 348 g/mol. The zero-order chi connectivity index (χ0) is 13.1. The molecule has 0 unspecified atom stereocenters. The van der Waals surface area contributed by atoms with E-state index >= 15 is 0 Å². The van der Waals surface area contributed by atoms with Crippen LogP contribution in [0.5, 0.6) is 0 Å². The molecule has 0 fully saturated rings. The van der Waals surface area contributed by atoms with E-state index in [2.05, 4.69) is 42.5 Å². The zero-order valence-corrected chi connectivity index (χ0v) is 13.3. The van der Waals surface area contributed by atoms with E-state index in [0.717, 1.165) is 14.6 Å². The second-order valence-electron chi connectivity index (χ2n) is 4.78. The molecule has 0 spiro atoms. The van der Waals surface area contributed by atoms with Crippen molar-refractivity contribution in [3.05, 3.63) is 27.1 Å². The lowest BCUT2D eigenvalue weighted by Crippen LogP contribution is -2.41. The van der Waals surface area contributed by atoms with Gasteiger partial charge in [0.1, 0.15) is 0 Å². The maximum Gasteiger partial charge on any atom is 0.238 e. The highest BCUT2D eigenvalue weighted by molar-refractivity contribution is 9.11. The first-order valence-corrected chi connectivity index (χ1v) is 6.86. The topological polar surface area (TPSA) is 41.1 Å². The fourth-order valence-corrected chi connectivity index (χ4v) is 1.84. The Morgan fingerprint density at radius 3 is 2.53 bits per heavy atom. The fraction of sp³-hybridized carbons (Fsp3) is 0.417. The number of halogens is 2. The second-order valence-corrected chi connectivity index (χ2v) is 6.55. The van der Waals surface area contributed by atoms with Crippen molar-refractivity contribution < 1.29 is 4.79 Å². The van der Waals surface area contributed by atoms with Gasteiger partial charge >= 0.3 is 0 Å². The van der Waals surface area contributed by atoms with Crippen molar-refractivity contribution in [2.45, 2.75) is 26.3 Å². The number of carbonyl (C=O) groups is 1. The molecule has 94 valence electrons. The van der Waals surface area contributed by atoms with Gasteiger partial charge in [0.2, 0.25) is 5.91 Å². The summed E-state index contributed by atoms with van der Waals surface area (Å²) in [6.45, 7) is 6.36. The van der Waals surface area contributed by atoms with Gasteiger partial charge in [-0.3, -0.25) is 4.79 Å². The average molecular weight is 364 g/mol. The molecule has 1 rings (SSSR count). The van der Waals surface area contributed by atoms with Crippen molar-refractivity contribution in [1.29, 1.82) is 0 Å². The van der Waals surface area contributed by atoms with Crippen LogP contribution < -0.4 is 10.6 Å². The van der Waals surface area contributed by atoms with Crippen molar-refractivity contribution in [2.24, 2.45) is 0 Å². The largest absolute Gasteiger partial charge is 0.324 e. The van der Waals surface area contributed by atoms with Gasteiger partial charge in [-0.1, -0.05) is 15.9 Å². The third kappa shape index (κ3) is 5.66. The summed E-state index contributed by atoms with van der Waals surface area (Å²) in [7, 11) is 0. The highest BCUT2D eigenvalue weighted by Crippen LogP contribution is 2.25. The SMILES string of the molecule is CC(C)(C)NCC(=O)Nc1cc(Br)ccc1Br. The van der Waals surface area contributed by atoms with Crippen LogP contribution in [0, 0.1) is 0 Å². The molecule has 17 heavy (non-hydrogen) atoms. The number of hydrogen-bond acceptors (Lipinski definition) is 2. The molecule has 1 amide bonds. The van der Waals surface area contributed by atoms with Gasteiger partial charge in [-0.25, -0.2) is 0 Å². The van der Waals surface area contributed by atoms with E-state index < -0.39 is 0 Å². The first-order valence-electron chi connectivity index (χ1n) is 5.28. The van der Waals surface area contributed by atoms with Crippen molar-refractivity contribution in [1.82, 2.24) is 5.32 Å². The molecule has 0 radical (unpaired) electrons. The number of benzene rings is 1. The van der Waals surface area contributed by atoms with E-state index in [1.165, 1.54) is 0 Å². The molecule has 0 bridgehead atoms. The molecule has 1 aromatic rings. The lowest BCUT2D eigenvalue weighted by molar-refractivity contribution is -0.115. The molecule has 2 N–H and O–H groups in total. The van der Waals surface area contributed by atoms with Crippen molar-refractivity contribution in [2.75, 3.05) is 11.9 Å². The third-order valence-electron chi connectivity index (χ3n) is 1.98. The number of hydrogen-bond donors (Lipinski definition) is 2. The van der Waals surface area contributed by atoms with Crippen LogP contribution in [0.2, 0.25) is 0 Å². The third-order valence-corrected chi connectivity index (χ3v) is 3.17. The van der Waals surface area contributed by atoms with Gasteiger partial charge in [-0.15, -0.1) is 0 Å². The minimum atomic E-state index is -0.0636. The van der Waals surface area contributed by atoms with Crippen molar-refractivity contribution in [3.63, 3.8) is 0 Å². The van der Waals surface area contributed by atoms with Crippen LogP contribution in [0.3, 0.4) is 0 Å². The maximum absolute atomic E-state index is 11.7. The Hall–Kier alpha value is -0.390. The van der Waals surface area contributed by atoms with Crippen molar-refractivity contribution in [3.8, 4) is 0 Å². The van der Waals surface area contributed by atoms with Gasteiger partial charge in [0.15, 0.2) is 0 Å². The van der Waals surface area contributed by atoms with Crippen LogP contribution in [-0.2, 0) is 4.79 Å². The van der Waals surface area contributed by atoms with Gasteiger partial charge in [0.05, 0.1) is 12.2 Å². The summed E-state index contributed by atoms with van der Waals surface area (Å²) >= 11 is 6.76. The lowest BCUT2D eigenvalue weighted by Gasteiger charge is -2.20. The first kappa shape index (κ1) is 14.7. The molecule has 0 heterocycles. The van der Waals surface area contributed by atoms with Crippen LogP contribution in [0.1, 0.15) is 20.8 Å². The average Bonchev–Trinajstić information content (AvgIpc) is 2.20. The Bertz CT molecular complexity index is 413. The fourth-order valence-electron chi connectivity index (χ4n) is 1.13. The number of carbonyl (C=O) groups excluding carboxylic acids is 1. The molecule has 0 atom stereocenters. The minimum absolute atomic E-state index is 0.0567. The Labute approximate surface area is 119 Å². The predicted molar refractivity (Wildman–Crippen MR) is 78.2 cm³/mol. The summed E-state index contributed by atoms with van der Waals surface area (Å²) in [5, 5.41) is 5.98. The lowest BCUT2D eigenvalue weighted by atomic mass is 10.1. The number of amides is 1. The normalized spacial score (nSPS) is 11.4. The smallest absolute Gasteiger partial charge is 0.238 e. The highest BCUT2D eigenvalue weighted by atomic mass is 79.9. The molecular formula is C12H16Br2N2O. The molecule has 0 aliphatic heterocycles. The summed E-state index contributed by atoms with van der Waals surface area (Å²) in [5.74, 6) is -0.0567. The van der Waals surface area contributed by atoms with E-state index in [9.17, 15) is 4.79 Å². The number of anilines is 1. The van der Waals surface area contributed by atoms with Gasteiger partial charge in [-0.2, -0.15) is 0 Å². The van der Waals surface area contributed by atoms with E-state index in [1.54, 1.807) is 0 Å². The quantitative estimate of drug-likeness (QED) is 0.862. The van der Waals surface area contributed by atoms with Crippen molar-refractivity contribution >= 4 is 43.5 Å². The molecule has 0 aromatic heterocycles. The van der Waals surface area contributed by atoms with Crippen LogP contribution in [0.25, 0.3) is 0 Å². The molecule has 0 saturated carbocycles. The molecule has 0 aliphatic carbocycles. The maximum atomic E-state index is 11.7. The zero-order valence-electron chi connectivity index (χ0n) is 10.1. The van der Waals surface area contributed by atoms with Gasteiger partial charge in [0.25, 0.3) is 0 Å². The Kier molecular flexibility index (Phi) is 5.16. The molecule has 1 aromatic carbocycles. The predicted octanol–water partition coefficient (Wildman–Crippen LogP) is 3.54. The highest BCUT2D eigenvalue weighted by Gasteiger charge is 2.12. The summed E-state index contributed by atoms with van der Waals surface area (Å²) in [4.78, 5) is 11.7. The van der Waals surface area contributed by atoms with Crippen LogP contribution in [-0.4, -0.2) is 18.0 Å². The van der Waals surface area contributed by atoms with Gasteiger partial charge in [0, 0.05) is 14.5 Å². The minimum Gasteiger partial charge on any atom is -0.324 e. The van der Waals surface area contributed by atoms with E-state index in [0.29, 0.717) is 6.54 Å². The Balaban J connectivity index is 2.59. The molecule has 5 heteroatoms. The van der Waals surface area contributed by atoms with E-state index in [-0.39, 0.29) is 11.4 Å². The van der Waals surface area contributed by atoms with Crippen LogP contribution >= 0.6 is 31.9 Å². The number of nitrogens with one attached hydrogen (secondary N) is 2. The number of rotatable bonds is 3. The van der Waals surface area contributed by atoms with E-state index in [4.69, 9.17) is 0 Å². The first-order chi connectivity index (χ1) is 7.78. The standard InChI is InChI=1S/C12H16Br2N2O/c1-12(2,3)15-7-11(17)16-10-6-8(13)4-5-9(10)14/h4-6,15H,7H2,1-3H3,(H,16,17). The van der Waals surface area contributed by atoms with Crippen LogP contribution in [0.15, 0.2) is 27.1 Å². The summed E-state index contributed by atoms with van der Waals surface area (Å²) < 4.78 is 1.80. The monoisotopic (exact) mass is 362 g/mol. The molecule has 3 nitrogen and oxygen atoms in total. The molecule has 0 aliphatic rings. The summed E-state index contributed by atoms with van der Waals surface area (Å²) in [6.07, 6.45) is 0.